The number of benzene rings is 1. The largest absolute Gasteiger partial charge is 0.469 e. The smallest absolute Gasteiger partial charge is 0.305 e. The number of hydrogen-bond acceptors (Lipinski definition) is 10. The molecule has 2 aliphatic heterocycles. The third-order valence-electron chi connectivity index (χ3n) is 7.98. The molecule has 10 nitrogen and oxygen atoms in total. The summed E-state index contributed by atoms with van der Waals surface area (Å²) in [5.41, 5.74) is 2.54. The van der Waals surface area contributed by atoms with Crippen molar-refractivity contribution in [3.63, 3.8) is 0 Å². The summed E-state index contributed by atoms with van der Waals surface area (Å²) in [5.74, 6) is 1.79. The van der Waals surface area contributed by atoms with Crippen molar-refractivity contribution < 1.29 is 19.4 Å². The van der Waals surface area contributed by atoms with Crippen molar-refractivity contribution in [1.82, 2.24) is 25.2 Å². The van der Waals surface area contributed by atoms with Gasteiger partial charge in [0.25, 0.3) is 0 Å². The van der Waals surface area contributed by atoms with Gasteiger partial charge in [-0.25, -0.2) is 15.0 Å². The zero-order chi connectivity index (χ0) is 30.2. The molecule has 2 aliphatic rings. The fraction of sp³-hybridized carbons (Fsp3) is 0.484. The number of aliphatic hydroxyl groups excluding tert-OH is 1. The number of pyridine rings is 1. The number of carbonyl (C=O) groups is 1. The normalized spacial score (nSPS) is 16.8. The fourth-order valence-corrected chi connectivity index (χ4v) is 6.20. The van der Waals surface area contributed by atoms with Gasteiger partial charge in [0.1, 0.15) is 0 Å². The van der Waals surface area contributed by atoms with Crippen LogP contribution in [0.4, 0.5) is 5.95 Å². The van der Waals surface area contributed by atoms with Gasteiger partial charge in [-0.3, -0.25) is 9.69 Å². The summed E-state index contributed by atoms with van der Waals surface area (Å²) >= 11 is 12.6. The van der Waals surface area contributed by atoms with Crippen LogP contribution in [0.5, 0.6) is 11.6 Å². The van der Waals surface area contributed by atoms with E-state index in [4.69, 9.17) is 42.8 Å². The molecule has 5 rings (SSSR count). The number of hydrogen-bond donors (Lipinski definition) is 2. The number of nitrogens with one attached hydrogen (secondary N) is 1. The lowest BCUT2D eigenvalue weighted by Crippen LogP contribution is -2.43. The second kappa shape index (κ2) is 15.1. The minimum absolute atomic E-state index is 0.146. The zero-order valence-corrected chi connectivity index (χ0v) is 25.9. The first-order chi connectivity index (χ1) is 20.9. The Morgan fingerprint density at radius 1 is 1.00 bits per heavy atom. The van der Waals surface area contributed by atoms with Crippen LogP contribution in [-0.4, -0.2) is 83.4 Å². The van der Waals surface area contributed by atoms with Crippen molar-refractivity contribution in [1.29, 1.82) is 0 Å². The number of methoxy groups -OCH3 is 1. The van der Waals surface area contributed by atoms with E-state index in [0.717, 1.165) is 63.0 Å². The van der Waals surface area contributed by atoms with Gasteiger partial charge in [-0.1, -0.05) is 23.2 Å². The van der Waals surface area contributed by atoms with E-state index in [1.54, 1.807) is 18.5 Å². The molecule has 43 heavy (non-hydrogen) atoms. The van der Waals surface area contributed by atoms with Gasteiger partial charge in [0.05, 0.1) is 31.8 Å². The van der Waals surface area contributed by atoms with Gasteiger partial charge in [-0.05, 0) is 74.5 Å². The van der Waals surface area contributed by atoms with Crippen molar-refractivity contribution in [3.8, 4) is 22.9 Å². The van der Waals surface area contributed by atoms with Gasteiger partial charge in [0.2, 0.25) is 11.8 Å². The van der Waals surface area contributed by atoms with E-state index < -0.39 is 0 Å². The van der Waals surface area contributed by atoms with Crippen LogP contribution in [0.2, 0.25) is 10.0 Å². The molecule has 0 spiro atoms. The van der Waals surface area contributed by atoms with E-state index in [-0.39, 0.29) is 12.6 Å². The average Bonchev–Trinajstić information content (AvgIpc) is 3.01. The molecule has 4 heterocycles. The van der Waals surface area contributed by atoms with Crippen LogP contribution in [-0.2, 0) is 16.1 Å². The predicted octanol–water partition coefficient (Wildman–Crippen LogP) is 4.96. The number of esters is 1. The molecule has 2 N–H and O–H groups in total. The Bertz CT molecular complexity index is 1340. The predicted molar refractivity (Wildman–Crippen MR) is 167 cm³/mol. The number of anilines is 1. The molecule has 1 aromatic carbocycles. The number of rotatable bonds is 11. The third-order valence-corrected chi connectivity index (χ3v) is 8.41. The molecule has 0 radical (unpaired) electrons. The maximum Gasteiger partial charge on any atom is 0.305 e. The second-order valence-corrected chi connectivity index (χ2v) is 12.0. The first-order valence-electron chi connectivity index (χ1n) is 14.7. The lowest BCUT2D eigenvalue weighted by Gasteiger charge is -2.32. The van der Waals surface area contributed by atoms with Crippen LogP contribution in [0.25, 0.3) is 11.3 Å². The fourth-order valence-electron chi connectivity index (χ4n) is 5.68. The Balaban J connectivity index is 1.29. The monoisotopic (exact) mass is 628 g/mol. The van der Waals surface area contributed by atoms with E-state index in [0.29, 0.717) is 64.8 Å². The standard InChI is InChI=1S/C31H38Cl2N6O4/c1-42-30(41)14-21-2-7-38(8-3-21)20-22-12-28(23-15-24(32)17-25(33)16-23)37-29(13-22)43-27-18-35-31(36-19-27)39-9-4-26(5-10-39)34-6-11-40/h12-13,15-19,21,26,34,40H,2-11,14,20H2,1H3. The van der Waals surface area contributed by atoms with E-state index >= 15 is 0 Å². The van der Waals surface area contributed by atoms with Gasteiger partial charge in [-0.15, -0.1) is 0 Å². The Morgan fingerprint density at radius 3 is 2.35 bits per heavy atom. The third kappa shape index (κ3) is 9.00. The molecule has 3 aromatic rings. The molecule has 2 saturated heterocycles. The Labute approximate surface area is 262 Å². The van der Waals surface area contributed by atoms with Gasteiger partial charge in [0.15, 0.2) is 5.75 Å². The number of halogens is 2. The van der Waals surface area contributed by atoms with Crippen LogP contribution < -0.4 is 15.0 Å². The summed E-state index contributed by atoms with van der Waals surface area (Å²) in [6.45, 7) is 4.95. The number of ether oxygens (including phenoxy) is 2. The maximum absolute atomic E-state index is 11.7. The first kappa shape index (κ1) is 31.4. The van der Waals surface area contributed by atoms with E-state index in [1.165, 1.54) is 7.11 Å². The van der Waals surface area contributed by atoms with Crippen LogP contribution in [0.1, 0.15) is 37.7 Å². The minimum atomic E-state index is -0.146. The molecular formula is C31H38Cl2N6O4. The van der Waals surface area contributed by atoms with E-state index in [9.17, 15) is 4.79 Å². The first-order valence-corrected chi connectivity index (χ1v) is 15.5. The van der Waals surface area contributed by atoms with Gasteiger partial charge >= 0.3 is 5.97 Å². The number of piperidine rings is 2. The van der Waals surface area contributed by atoms with Crippen LogP contribution in [0, 0.1) is 5.92 Å². The van der Waals surface area contributed by atoms with Crippen molar-refractivity contribution in [3.05, 3.63) is 58.3 Å². The van der Waals surface area contributed by atoms with Gasteiger partial charge < -0.3 is 24.8 Å². The molecule has 2 aromatic heterocycles. The highest BCUT2D eigenvalue weighted by Crippen LogP contribution is 2.31. The lowest BCUT2D eigenvalue weighted by molar-refractivity contribution is -0.142. The molecule has 0 aliphatic carbocycles. The quantitative estimate of drug-likeness (QED) is 0.282. The molecule has 0 unspecified atom stereocenters. The van der Waals surface area contributed by atoms with Crippen LogP contribution in [0.3, 0.4) is 0 Å². The summed E-state index contributed by atoms with van der Waals surface area (Å²) in [5, 5.41) is 13.5. The molecule has 230 valence electrons. The summed E-state index contributed by atoms with van der Waals surface area (Å²) in [6, 6.07) is 9.74. The van der Waals surface area contributed by atoms with Gasteiger partial charge in [0, 0.05) is 60.3 Å². The number of likely N-dealkylation sites (tertiary alicyclic amines) is 1. The number of nitrogens with zero attached hydrogens (tertiary/aromatic N) is 5. The number of carbonyl (C=O) groups excluding carboxylic acids is 1. The summed E-state index contributed by atoms with van der Waals surface area (Å²) in [6.07, 6.45) is 7.65. The molecular weight excluding hydrogens is 591 g/mol. The van der Waals surface area contributed by atoms with Crippen molar-refractivity contribution in [2.75, 3.05) is 51.3 Å². The van der Waals surface area contributed by atoms with Crippen LogP contribution >= 0.6 is 23.2 Å². The highest BCUT2D eigenvalue weighted by molar-refractivity contribution is 6.35. The molecule has 2 fully saturated rings. The Kier molecular flexibility index (Phi) is 11.0. The highest BCUT2D eigenvalue weighted by atomic mass is 35.5. The number of aromatic nitrogens is 3. The Hall–Kier alpha value is -3.02. The molecule has 0 atom stereocenters. The second-order valence-electron chi connectivity index (χ2n) is 11.1. The summed E-state index contributed by atoms with van der Waals surface area (Å²) in [7, 11) is 1.44. The summed E-state index contributed by atoms with van der Waals surface area (Å²) < 4.78 is 11.0. The van der Waals surface area contributed by atoms with Crippen molar-refractivity contribution in [2.45, 2.75) is 44.7 Å². The van der Waals surface area contributed by atoms with Crippen LogP contribution in [0.15, 0.2) is 42.7 Å². The topological polar surface area (TPSA) is 113 Å². The lowest BCUT2D eigenvalue weighted by atomic mass is 9.93. The molecule has 0 amide bonds. The highest BCUT2D eigenvalue weighted by Gasteiger charge is 2.23. The van der Waals surface area contributed by atoms with E-state index in [2.05, 4.69) is 25.1 Å². The maximum atomic E-state index is 11.7. The zero-order valence-electron chi connectivity index (χ0n) is 24.3. The van der Waals surface area contributed by atoms with E-state index in [1.807, 2.05) is 24.3 Å². The average molecular weight is 630 g/mol. The van der Waals surface area contributed by atoms with Crippen molar-refractivity contribution >= 4 is 35.1 Å². The summed E-state index contributed by atoms with van der Waals surface area (Å²) in [4.78, 5) is 30.1. The van der Waals surface area contributed by atoms with Crippen molar-refractivity contribution in [2.24, 2.45) is 5.92 Å². The van der Waals surface area contributed by atoms with Gasteiger partial charge in [-0.2, -0.15) is 0 Å². The Morgan fingerprint density at radius 2 is 1.70 bits per heavy atom. The SMILES string of the molecule is COC(=O)CC1CCN(Cc2cc(Oc3cnc(N4CCC(NCCO)CC4)nc3)nc(-c3cc(Cl)cc(Cl)c3)c2)CC1. The minimum Gasteiger partial charge on any atom is -0.469 e. The molecule has 0 saturated carbocycles. The molecule has 12 heteroatoms. The molecule has 0 bridgehead atoms. The number of aliphatic hydroxyl groups is 1.